The van der Waals surface area contributed by atoms with Crippen molar-refractivity contribution in [2.75, 3.05) is 6.54 Å². The highest BCUT2D eigenvalue weighted by Gasteiger charge is 2.34. The number of halogens is 2. The Balaban J connectivity index is 1.97. The zero-order valence-electron chi connectivity index (χ0n) is 15.5. The van der Waals surface area contributed by atoms with Crippen LogP contribution in [-0.4, -0.2) is 23.4 Å². The molecule has 27 heavy (non-hydrogen) atoms. The largest absolute Gasteiger partial charge is 0.326 e. The molecule has 5 heteroatoms. The normalized spacial score (nSPS) is 17.9. The molecule has 2 atom stereocenters. The summed E-state index contributed by atoms with van der Waals surface area (Å²) in [5.74, 6) is -0.907. The Morgan fingerprint density at radius 3 is 2.56 bits per heavy atom. The smallest absolute Gasteiger partial charge is 0.240 e. The molecule has 0 bridgehead atoms. The molecule has 0 saturated heterocycles. The van der Waals surface area contributed by atoms with Crippen LogP contribution >= 0.6 is 0 Å². The van der Waals surface area contributed by atoms with E-state index in [1.807, 2.05) is 50.3 Å². The van der Waals surface area contributed by atoms with Crippen molar-refractivity contribution in [3.8, 4) is 0 Å². The average Bonchev–Trinajstić information content (AvgIpc) is 3.08. The second-order valence-electron chi connectivity index (χ2n) is 7.37. The van der Waals surface area contributed by atoms with Crippen LogP contribution in [0.3, 0.4) is 0 Å². The van der Waals surface area contributed by atoms with Gasteiger partial charge in [0.2, 0.25) is 5.91 Å². The van der Waals surface area contributed by atoms with Crippen LogP contribution in [0.25, 0.3) is 5.57 Å². The highest BCUT2D eigenvalue weighted by atomic mass is 19.1. The number of carbonyl (C=O) groups is 1. The Kier molecular flexibility index (Phi) is 5.71. The lowest BCUT2D eigenvalue weighted by molar-refractivity contribution is -0.133. The minimum Gasteiger partial charge on any atom is -0.326 e. The van der Waals surface area contributed by atoms with Gasteiger partial charge in [-0.05, 0) is 41.7 Å². The zero-order chi connectivity index (χ0) is 19.6. The van der Waals surface area contributed by atoms with Crippen LogP contribution < -0.4 is 5.73 Å². The summed E-state index contributed by atoms with van der Waals surface area (Å²) in [6.45, 7) is 4.22. The summed E-state index contributed by atoms with van der Waals surface area (Å²) < 4.78 is 27.9. The Morgan fingerprint density at radius 1 is 1.19 bits per heavy atom. The van der Waals surface area contributed by atoms with E-state index in [1.54, 1.807) is 4.90 Å². The standard InChI is InChI=1S/C22H24F2N2O/c1-14(2)10-20(25)22(27)26-13-16(18-12-17(23)8-9-19(18)24)11-21(26)15-6-4-3-5-7-15/h3-9,11-12,14,20-21H,10,13,25H2,1-2H3/t20-,21?/m0/s1. The lowest BCUT2D eigenvalue weighted by Crippen LogP contribution is -2.44. The second-order valence-corrected chi connectivity index (χ2v) is 7.37. The van der Waals surface area contributed by atoms with Gasteiger partial charge in [-0.2, -0.15) is 0 Å². The molecule has 2 aromatic carbocycles. The molecule has 1 amide bonds. The molecule has 0 radical (unpaired) electrons. The van der Waals surface area contributed by atoms with Crippen molar-refractivity contribution in [3.05, 3.63) is 77.4 Å². The fourth-order valence-electron chi connectivity index (χ4n) is 3.50. The van der Waals surface area contributed by atoms with Gasteiger partial charge in [-0.15, -0.1) is 0 Å². The van der Waals surface area contributed by atoms with E-state index >= 15 is 0 Å². The predicted molar refractivity (Wildman–Crippen MR) is 103 cm³/mol. The van der Waals surface area contributed by atoms with E-state index in [9.17, 15) is 13.6 Å². The van der Waals surface area contributed by atoms with E-state index in [2.05, 4.69) is 0 Å². The lowest BCUT2D eigenvalue weighted by Gasteiger charge is -2.28. The zero-order valence-corrected chi connectivity index (χ0v) is 15.5. The van der Waals surface area contributed by atoms with E-state index in [-0.39, 0.29) is 30.0 Å². The van der Waals surface area contributed by atoms with Gasteiger partial charge >= 0.3 is 0 Å². The van der Waals surface area contributed by atoms with Crippen LogP contribution in [0.2, 0.25) is 0 Å². The first-order valence-corrected chi connectivity index (χ1v) is 9.14. The molecular formula is C22H24F2N2O. The number of amides is 1. The van der Waals surface area contributed by atoms with Crippen molar-refractivity contribution < 1.29 is 13.6 Å². The first kappa shape index (κ1) is 19.2. The summed E-state index contributed by atoms with van der Waals surface area (Å²) in [4.78, 5) is 14.6. The van der Waals surface area contributed by atoms with Gasteiger partial charge in [0.05, 0.1) is 12.1 Å². The van der Waals surface area contributed by atoms with Gasteiger partial charge in [0.15, 0.2) is 0 Å². The van der Waals surface area contributed by atoms with Gasteiger partial charge in [0, 0.05) is 12.1 Å². The molecular weight excluding hydrogens is 346 g/mol. The Labute approximate surface area is 158 Å². The SMILES string of the molecule is CC(C)C[C@H](N)C(=O)N1CC(c2cc(F)ccc2F)=CC1c1ccccc1. The predicted octanol–water partition coefficient (Wildman–Crippen LogP) is 4.31. The molecule has 0 saturated carbocycles. The van der Waals surface area contributed by atoms with Gasteiger partial charge in [-0.1, -0.05) is 50.3 Å². The highest BCUT2D eigenvalue weighted by molar-refractivity contribution is 5.86. The van der Waals surface area contributed by atoms with E-state index < -0.39 is 17.7 Å². The Morgan fingerprint density at radius 2 is 1.89 bits per heavy atom. The Bertz CT molecular complexity index is 849. The van der Waals surface area contributed by atoms with Crippen LogP contribution in [0.1, 0.15) is 37.4 Å². The van der Waals surface area contributed by atoms with Gasteiger partial charge in [-0.25, -0.2) is 8.78 Å². The van der Waals surface area contributed by atoms with Crippen molar-refractivity contribution in [2.45, 2.75) is 32.4 Å². The van der Waals surface area contributed by atoms with Crippen LogP contribution in [0.5, 0.6) is 0 Å². The fraction of sp³-hybridized carbons (Fsp3) is 0.318. The van der Waals surface area contributed by atoms with Gasteiger partial charge in [0.25, 0.3) is 0 Å². The molecule has 2 aromatic rings. The number of benzene rings is 2. The molecule has 2 N–H and O–H groups in total. The van der Waals surface area contributed by atoms with E-state index in [4.69, 9.17) is 5.73 Å². The molecule has 1 heterocycles. The van der Waals surface area contributed by atoms with E-state index in [1.165, 1.54) is 6.07 Å². The second kappa shape index (κ2) is 8.01. The molecule has 0 fully saturated rings. The third-order valence-corrected chi connectivity index (χ3v) is 4.78. The number of hydrogen-bond donors (Lipinski definition) is 1. The maximum absolute atomic E-state index is 14.3. The van der Waals surface area contributed by atoms with Crippen LogP contribution in [-0.2, 0) is 4.79 Å². The van der Waals surface area contributed by atoms with Crippen LogP contribution in [0.4, 0.5) is 8.78 Å². The summed E-state index contributed by atoms with van der Waals surface area (Å²) in [5, 5.41) is 0. The first-order valence-electron chi connectivity index (χ1n) is 9.14. The fourth-order valence-corrected chi connectivity index (χ4v) is 3.50. The van der Waals surface area contributed by atoms with E-state index in [0.29, 0.717) is 12.0 Å². The number of nitrogens with two attached hydrogens (primary N) is 1. The molecule has 1 aliphatic heterocycles. The number of nitrogens with zero attached hydrogens (tertiary/aromatic N) is 1. The quantitative estimate of drug-likeness (QED) is 0.853. The molecule has 0 spiro atoms. The topological polar surface area (TPSA) is 46.3 Å². The molecule has 1 aliphatic rings. The van der Waals surface area contributed by atoms with Crippen molar-refractivity contribution in [3.63, 3.8) is 0 Å². The molecule has 1 unspecified atom stereocenters. The first-order chi connectivity index (χ1) is 12.9. The van der Waals surface area contributed by atoms with Crippen molar-refractivity contribution in [2.24, 2.45) is 11.7 Å². The third-order valence-electron chi connectivity index (χ3n) is 4.78. The molecule has 3 rings (SSSR count). The maximum atomic E-state index is 14.3. The summed E-state index contributed by atoms with van der Waals surface area (Å²) in [5.41, 5.74) is 7.81. The Hall–Kier alpha value is -2.53. The van der Waals surface area contributed by atoms with Gasteiger partial charge in [-0.3, -0.25) is 4.79 Å². The maximum Gasteiger partial charge on any atom is 0.240 e. The third kappa shape index (κ3) is 4.25. The number of hydrogen-bond acceptors (Lipinski definition) is 2. The summed E-state index contributed by atoms with van der Waals surface area (Å²) in [6, 6.07) is 11.9. The monoisotopic (exact) mass is 370 g/mol. The summed E-state index contributed by atoms with van der Waals surface area (Å²) in [6.07, 6.45) is 2.40. The van der Waals surface area contributed by atoms with Crippen molar-refractivity contribution in [1.29, 1.82) is 0 Å². The summed E-state index contributed by atoms with van der Waals surface area (Å²) >= 11 is 0. The molecule has 0 aromatic heterocycles. The minimum atomic E-state index is -0.624. The number of rotatable bonds is 5. The molecule has 0 aliphatic carbocycles. The number of carbonyl (C=O) groups excluding carboxylic acids is 1. The minimum absolute atomic E-state index is 0.180. The molecule has 142 valence electrons. The van der Waals surface area contributed by atoms with Crippen molar-refractivity contribution in [1.82, 2.24) is 4.90 Å². The van der Waals surface area contributed by atoms with Crippen LogP contribution in [0, 0.1) is 17.6 Å². The van der Waals surface area contributed by atoms with Gasteiger partial charge in [0.1, 0.15) is 11.6 Å². The van der Waals surface area contributed by atoms with Crippen LogP contribution in [0.15, 0.2) is 54.6 Å². The average molecular weight is 370 g/mol. The summed E-state index contributed by atoms with van der Waals surface area (Å²) in [7, 11) is 0. The van der Waals surface area contributed by atoms with Crippen molar-refractivity contribution >= 4 is 11.5 Å². The lowest BCUT2D eigenvalue weighted by atomic mass is 10.0. The highest BCUT2D eigenvalue weighted by Crippen LogP contribution is 2.36. The van der Waals surface area contributed by atoms with E-state index in [0.717, 1.165) is 17.7 Å². The molecule has 3 nitrogen and oxygen atoms in total. The van der Waals surface area contributed by atoms with Gasteiger partial charge < -0.3 is 10.6 Å².